The molecule has 0 aliphatic heterocycles. The lowest BCUT2D eigenvalue weighted by Crippen LogP contribution is -2.59. The Morgan fingerprint density at radius 2 is 1.15 bits per heavy atom. The molecule has 4 amide bonds. The van der Waals surface area contributed by atoms with Gasteiger partial charge in [-0.1, -0.05) is 111 Å². The van der Waals surface area contributed by atoms with Gasteiger partial charge in [0.1, 0.15) is 18.1 Å². The molecule has 0 unspecified atom stereocenters. The Morgan fingerprint density at radius 3 is 1.76 bits per heavy atom. The van der Waals surface area contributed by atoms with E-state index in [-0.39, 0.29) is 79.3 Å². The van der Waals surface area contributed by atoms with Gasteiger partial charge in [-0.3, -0.25) is 33.8 Å². The van der Waals surface area contributed by atoms with Crippen LogP contribution in [0.3, 0.4) is 0 Å². The molecule has 0 aromatic heterocycles. The van der Waals surface area contributed by atoms with Crippen LogP contribution in [-0.2, 0) is 55.8 Å². The molecule has 0 saturated heterocycles. The average Bonchev–Trinajstić information content (AvgIpc) is 3.37. The molecule has 72 heavy (non-hydrogen) atoms. The summed E-state index contributed by atoms with van der Waals surface area (Å²) < 4.78 is 15.9. The van der Waals surface area contributed by atoms with Gasteiger partial charge in [0.25, 0.3) is 5.91 Å². The number of hydrogen-bond donors (Lipinski definition) is 8. The molecule has 0 radical (unpaired) electrons. The lowest BCUT2D eigenvalue weighted by Gasteiger charge is -2.26. The molecule has 388 valence electrons. The summed E-state index contributed by atoms with van der Waals surface area (Å²) in [4.78, 5) is 98.4. The van der Waals surface area contributed by atoms with Crippen LogP contribution in [0.1, 0.15) is 99.0 Å². The second-order valence-electron chi connectivity index (χ2n) is 17.5. The number of unbranched alkanes of at least 4 members (excludes halogenated alkanes) is 7. The summed E-state index contributed by atoms with van der Waals surface area (Å²) in [6, 6.07) is 19.7. The number of ketones is 2. The molecule has 19 nitrogen and oxygen atoms in total. The SMILES string of the molecule is COC1=C(OC)C(=O)C(CCCCCCCCCCOC(=O)[C@H](CNC(=O)c2ccccc2N)NC(=O)[C@H](Cc2ccccc2)NC(=O)[C@@H](CCCN=C(N)N)NC(=O)[C@@H](N)Cc2ccccc2)=C(C)C1=O. The van der Waals surface area contributed by atoms with E-state index in [0.717, 1.165) is 50.5 Å². The number of nitrogens with two attached hydrogens (primary N) is 4. The van der Waals surface area contributed by atoms with Crippen LogP contribution in [0.15, 0.2) is 113 Å². The summed E-state index contributed by atoms with van der Waals surface area (Å²) in [5.41, 5.74) is 26.1. The molecule has 4 rings (SSSR count). The average molecular weight is 994 g/mol. The second kappa shape index (κ2) is 30.3. The van der Waals surface area contributed by atoms with E-state index in [9.17, 15) is 33.6 Å². The number of anilines is 1. The van der Waals surface area contributed by atoms with Crippen LogP contribution in [-0.4, -0.2) is 105 Å². The van der Waals surface area contributed by atoms with Crippen molar-refractivity contribution in [1.82, 2.24) is 21.3 Å². The van der Waals surface area contributed by atoms with Crippen LogP contribution in [0.5, 0.6) is 0 Å². The molecular weight excluding hydrogens is 923 g/mol. The quantitative estimate of drug-likeness (QED) is 0.0115. The number of hydrogen-bond acceptors (Lipinski definition) is 13. The minimum Gasteiger partial charge on any atom is -0.489 e. The van der Waals surface area contributed by atoms with Crippen LogP contribution in [0, 0.1) is 0 Å². The minimum absolute atomic E-state index is 0.00379. The predicted molar refractivity (Wildman–Crippen MR) is 273 cm³/mol. The highest BCUT2D eigenvalue weighted by Gasteiger charge is 2.35. The number of aliphatic imine (C=N–C) groups is 1. The first-order chi connectivity index (χ1) is 34.6. The Kier molecular flexibility index (Phi) is 24.0. The lowest BCUT2D eigenvalue weighted by atomic mass is 9.89. The van der Waals surface area contributed by atoms with E-state index in [1.54, 1.807) is 55.5 Å². The Hall–Kier alpha value is -7.54. The van der Waals surface area contributed by atoms with Crippen molar-refractivity contribution in [3.8, 4) is 0 Å². The molecule has 0 heterocycles. The number of ether oxygens (including phenoxy) is 3. The highest BCUT2D eigenvalue weighted by Crippen LogP contribution is 2.29. The summed E-state index contributed by atoms with van der Waals surface area (Å²) in [6.45, 7) is 1.48. The van der Waals surface area contributed by atoms with E-state index < -0.39 is 53.8 Å². The topological polar surface area (TPSA) is 312 Å². The van der Waals surface area contributed by atoms with E-state index in [1.165, 1.54) is 20.3 Å². The first-order valence-corrected chi connectivity index (χ1v) is 24.4. The molecule has 12 N–H and O–H groups in total. The van der Waals surface area contributed by atoms with Gasteiger partial charge in [0.15, 0.2) is 5.96 Å². The Balaban J connectivity index is 1.38. The molecule has 19 heteroatoms. The van der Waals surface area contributed by atoms with Gasteiger partial charge in [0.2, 0.25) is 40.8 Å². The molecule has 1 aliphatic carbocycles. The summed E-state index contributed by atoms with van der Waals surface area (Å²) in [6.07, 6.45) is 7.66. The number of carbonyl (C=O) groups is 7. The van der Waals surface area contributed by atoms with Crippen molar-refractivity contribution in [1.29, 1.82) is 0 Å². The molecule has 3 aromatic rings. The monoisotopic (exact) mass is 994 g/mol. The number of allylic oxidation sites excluding steroid dienone is 2. The minimum atomic E-state index is -1.38. The number of Topliss-reactive ketones (excluding diaryl/α,β-unsaturated/α-hetero) is 2. The number of esters is 1. The third-order valence-electron chi connectivity index (χ3n) is 12.1. The summed E-state index contributed by atoms with van der Waals surface area (Å²) >= 11 is 0. The van der Waals surface area contributed by atoms with Gasteiger partial charge in [-0.05, 0) is 68.7 Å². The fourth-order valence-electron chi connectivity index (χ4n) is 8.03. The maximum Gasteiger partial charge on any atom is 0.330 e. The van der Waals surface area contributed by atoms with E-state index >= 15 is 0 Å². The van der Waals surface area contributed by atoms with Gasteiger partial charge in [-0.25, -0.2) is 4.79 Å². The van der Waals surface area contributed by atoms with Crippen LogP contribution in [0.2, 0.25) is 0 Å². The number of benzene rings is 3. The molecule has 4 atom stereocenters. The number of nitrogen functional groups attached to an aromatic ring is 1. The number of nitrogens with one attached hydrogen (secondary N) is 4. The van der Waals surface area contributed by atoms with Gasteiger partial charge >= 0.3 is 5.97 Å². The third kappa shape index (κ3) is 18.3. The van der Waals surface area contributed by atoms with Crippen LogP contribution >= 0.6 is 0 Å². The van der Waals surface area contributed by atoms with E-state index in [0.29, 0.717) is 36.0 Å². The van der Waals surface area contributed by atoms with Crippen LogP contribution < -0.4 is 44.2 Å². The molecule has 0 fully saturated rings. The summed E-state index contributed by atoms with van der Waals surface area (Å²) in [5.74, 6) is -4.34. The van der Waals surface area contributed by atoms with Gasteiger partial charge in [-0.2, -0.15) is 0 Å². The molecular formula is C53H71N9O10. The lowest BCUT2D eigenvalue weighted by molar-refractivity contribution is -0.148. The normalized spacial score (nSPS) is 14.1. The van der Waals surface area contributed by atoms with E-state index in [2.05, 4.69) is 26.3 Å². The predicted octanol–water partition coefficient (Wildman–Crippen LogP) is 3.35. The zero-order valence-corrected chi connectivity index (χ0v) is 41.5. The van der Waals surface area contributed by atoms with E-state index in [1.807, 2.05) is 30.3 Å². The van der Waals surface area contributed by atoms with Crippen molar-refractivity contribution >= 4 is 52.8 Å². The molecule has 3 aromatic carbocycles. The van der Waals surface area contributed by atoms with Crippen molar-refractivity contribution in [2.75, 3.05) is 39.6 Å². The van der Waals surface area contributed by atoms with Crippen molar-refractivity contribution < 1.29 is 47.8 Å². The maximum atomic E-state index is 14.3. The van der Waals surface area contributed by atoms with Crippen molar-refractivity contribution in [3.63, 3.8) is 0 Å². The van der Waals surface area contributed by atoms with Gasteiger partial charge < -0.3 is 58.4 Å². The molecule has 0 saturated carbocycles. The molecule has 0 spiro atoms. The number of amides is 4. The zero-order chi connectivity index (χ0) is 52.4. The molecule has 1 aliphatic rings. The summed E-state index contributed by atoms with van der Waals surface area (Å²) in [5, 5.41) is 10.9. The molecule has 0 bridgehead atoms. The number of rotatable bonds is 31. The number of para-hydroxylation sites is 1. The Morgan fingerprint density at radius 1 is 0.625 bits per heavy atom. The van der Waals surface area contributed by atoms with Crippen molar-refractivity contribution in [2.45, 2.75) is 115 Å². The zero-order valence-electron chi connectivity index (χ0n) is 41.5. The largest absolute Gasteiger partial charge is 0.489 e. The number of guanidine groups is 1. The standard InChI is InChI=1S/C53H71N9O10/c1-34-37(45(64)47(71-3)46(70-2)44(34)63)25-16-8-6-4-5-7-9-19-30-72-52(69)43(33-59-48(65)38-26-17-18-27-39(38)54)62-51(68)42(32-36-23-14-11-15-24-36)61-50(67)41(28-20-29-58-53(56)57)60-49(66)40(55)31-35-21-12-10-13-22-35/h10-15,17-18,21-24,26-27,40-43H,4-9,16,19-20,25,28-33,54-55H2,1-3H3,(H,59,65)(H,60,66)(H,61,67)(H,62,68)(H4,56,57,58)/t40-,41+,42-,43-/m0/s1. The fourth-order valence-corrected chi connectivity index (χ4v) is 8.03. The highest BCUT2D eigenvalue weighted by molar-refractivity contribution is 6.23. The number of methoxy groups -OCH3 is 2. The number of nitrogens with zero attached hydrogens (tertiary/aromatic N) is 1. The summed E-state index contributed by atoms with van der Waals surface area (Å²) in [7, 11) is 2.68. The first-order valence-electron chi connectivity index (χ1n) is 24.4. The smallest absolute Gasteiger partial charge is 0.330 e. The van der Waals surface area contributed by atoms with Crippen LogP contribution in [0.4, 0.5) is 5.69 Å². The fraction of sp³-hybridized carbons (Fsp3) is 0.434. The van der Waals surface area contributed by atoms with E-state index in [4.69, 9.17) is 37.1 Å². The first kappa shape index (κ1) is 57.0. The van der Waals surface area contributed by atoms with Gasteiger partial charge in [0.05, 0.1) is 32.4 Å². The second-order valence-corrected chi connectivity index (χ2v) is 17.5. The maximum absolute atomic E-state index is 14.3. The van der Waals surface area contributed by atoms with Crippen molar-refractivity contribution in [3.05, 3.63) is 124 Å². The Labute approximate surface area is 421 Å². The number of carbonyl (C=O) groups excluding carboxylic acids is 7. The van der Waals surface area contributed by atoms with Crippen molar-refractivity contribution in [2.24, 2.45) is 22.2 Å². The third-order valence-corrected chi connectivity index (χ3v) is 12.1. The van der Waals surface area contributed by atoms with Crippen LogP contribution in [0.25, 0.3) is 0 Å². The highest BCUT2D eigenvalue weighted by atomic mass is 16.5. The van der Waals surface area contributed by atoms with Gasteiger partial charge in [-0.15, -0.1) is 0 Å². The Bertz CT molecular complexity index is 2400. The van der Waals surface area contributed by atoms with Gasteiger partial charge in [0, 0.05) is 36.3 Å².